The van der Waals surface area contributed by atoms with Crippen molar-refractivity contribution in [1.29, 1.82) is 0 Å². The molecule has 0 aromatic carbocycles. The van der Waals surface area contributed by atoms with E-state index in [0.717, 1.165) is 19.4 Å². The van der Waals surface area contributed by atoms with Gasteiger partial charge in [0, 0.05) is 12.6 Å². The van der Waals surface area contributed by atoms with Crippen molar-refractivity contribution in [2.75, 3.05) is 6.61 Å². The van der Waals surface area contributed by atoms with Gasteiger partial charge in [0.1, 0.15) is 0 Å². The summed E-state index contributed by atoms with van der Waals surface area (Å²) in [5.41, 5.74) is 2.88. The monoisotopic (exact) mass is 186 g/mol. The van der Waals surface area contributed by atoms with Crippen LogP contribution in [0, 0.1) is 5.92 Å². The number of nitrogens with two attached hydrogens (primary N) is 1. The minimum atomic E-state index is 0.420. The lowest BCUT2D eigenvalue weighted by atomic mass is 9.98. The van der Waals surface area contributed by atoms with Crippen LogP contribution in [0.5, 0.6) is 0 Å². The molecule has 3 heteroatoms. The number of hydrazine groups is 1. The Morgan fingerprint density at radius 1 is 1.54 bits per heavy atom. The predicted octanol–water partition coefficient (Wildman–Crippen LogP) is 1.43. The molecule has 3 nitrogen and oxygen atoms in total. The molecule has 1 rings (SSSR count). The first-order valence-corrected chi connectivity index (χ1v) is 5.30. The molecule has 2 unspecified atom stereocenters. The second kappa shape index (κ2) is 5.58. The number of hydrogen-bond donors (Lipinski definition) is 2. The molecule has 0 bridgehead atoms. The molecule has 1 fully saturated rings. The molecule has 0 amide bonds. The highest BCUT2D eigenvalue weighted by Crippen LogP contribution is 2.19. The molecular weight excluding hydrogens is 164 g/mol. The van der Waals surface area contributed by atoms with Crippen LogP contribution in [-0.4, -0.2) is 18.8 Å². The van der Waals surface area contributed by atoms with Crippen LogP contribution in [0.4, 0.5) is 0 Å². The Labute approximate surface area is 81.0 Å². The van der Waals surface area contributed by atoms with E-state index in [1.54, 1.807) is 0 Å². The topological polar surface area (TPSA) is 47.3 Å². The summed E-state index contributed by atoms with van der Waals surface area (Å²) in [5, 5.41) is 0. The van der Waals surface area contributed by atoms with Crippen molar-refractivity contribution in [3.8, 4) is 0 Å². The average molecular weight is 186 g/mol. The van der Waals surface area contributed by atoms with Crippen molar-refractivity contribution in [2.24, 2.45) is 11.8 Å². The molecule has 1 aliphatic rings. The van der Waals surface area contributed by atoms with Crippen molar-refractivity contribution in [2.45, 2.75) is 51.7 Å². The summed E-state index contributed by atoms with van der Waals surface area (Å²) in [6, 6.07) is 0.420. The molecule has 13 heavy (non-hydrogen) atoms. The molecule has 2 atom stereocenters. The highest BCUT2D eigenvalue weighted by Gasteiger charge is 2.20. The third-order valence-electron chi connectivity index (χ3n) is 2.56. The fourth-order valence-electron chi connectivity index (χ4n) is 1.95. The second-order valence-electron chi connectivity index (χ2n) is 4.36. The van der Waals surface area contributed by atoms with Gasteiger partial charge in [0.15, 0.2) is 0 Å². The third-order valence-corrected chi connectivity index (χ3v) is 2.56. The van der Waals surface area contributed by atoms with Gasteiger partial charge in [-0.1, -0.05) is 13.8 Å². The Kier molecular flexibility index (Phi) is 4.70. The summed E-state index contributed by atoms with van der Waals surface area (Å²) in [6.45, 7) is 5.38. The number of nitrogens with one attached hydrogen (secondary N) is 1. The summed E-state index contributed by atoms with van der Waals surface area (Å²) >= 11 is 0. The zero-order chi connectivity index (χ0) is 9.68. The van der Waals surface area contributed by atoms with Gasteiger partial charge in [0.05, 0.1) is 6.10 Å². The van der Waals surface area contributed by atoms with Crippen molar-refractivity contribution >= 4 is 0 Å². The smallest absolute Gasteiger partial charge is 0.0591 e. The summed E-state index contributed by atoms with van der Waals surface area (Å²) in [5.74, 6) is 6.19. The molecule has 0 aliphatic carbocycles. The highest BCUT2D eigenvalue weighted by molar-refractivity contribution is 4.74. The van der Waals surface area contributed by atoms with Crippen molar-refractivity contribution < 1.29 is 4.74 Å². The van der Waals surface area contributed by atoms with Gasteiger partial charge >= 0.3 is 0 Å². The van der Waals surface area contributed by atoms with Crippen molar-refractivity contribution in [3.63, 3.8) is 0 Å². The normalized spacial score (nSPS) is 25.4. The van der Waals surface area contributed by atoms with Gasteiger partial charge in [-0.25, -0.2) is 0 Å². The minimum Gasteiger partial charge on any atom is -0.378 e. The lowest BCUT2D eigenvalue weighted by molar-refractivity contribution is 0.0921. The summed E-state index contributed by atoms with van der Waals surface area (Å²) in [7, 11) is 0. The Balaban J connectivity index is 2.21. The van der Waals surface area contributed by atoms with E-state index in [2.05, 4.69) is 19.3 Å². The van der Waals surface area contributed by atoms with Gasteiger partial charge in [-0.3, -0.25) is 11.3 Å². The van der Waals surface area contributed by atoms with Crippen LogP contribution in [-0.2, 0) is 4.74 Å². The van der Waals surface area contributed by atoms with E-state index in [4.69, 9.17) is 10.6 Å². The van der Waals surface area contributed by atoms with Crippen LogP contribution < -0.4 is 11.3 Å². The maximum absolute atomic E-state index is 5.57. The van der Waals surface area contributed by atoms with E-state index in [0.29, 0.717) is 18.1 Å². The molecule has 0 aromatic rings. The zero-order valence-corrected chi connectivity index (χ0v) is 8.75. The molecular formula is C10H22N2O. The summed E-state index contributed by atoms with van der Waals surface area (Å²) in [6.07, 6.45) is 5.06. The van der Waals surface area contributed by atoms with Crippen LogP contribution in [0.1, 0.15) is 39.5 Å². The van der Waals surface area contributed by atoms with Gasteiger partial charge in [0.2, 0.25) is 0 Å². The Morgan fingerprint density at radius 2 is 2.31 bits per heavy atom. The first-order valence-electron chi connectivity index (χ1n) is 5.30. The average Bonchev–Trinajstić information content (AvgIpc) is 2.55. The third kappa shape index (κ3) is 4.07. The molecule has 0 spiro atoms. The zero-order valence-electron chi connectivity index (χ0n) is 8.75. The van der Waals surface area contributed by atoms with Crippen molar-refractivity contribution in [3.05, 3.63) is 0 Å². The molecule has 1 heterocycles. The number of hydrogen-bond acceptors (Lipinski definition) is 3. The molecule has 1 aliphatic heterocycles. The van der Waals surface area contributed by atoms with Crippen LogP contribution in [0.2, 0.25) is 0 Å². The number of ether oxygens (including phenoxy) is 1. The molecule has 3 N–H and O–H groups in total. The van der Waals surface area contributed by atoms with E-state index in [1.807, 2.05) is 0 Å². The molecule has 0 aromatic heterocycles. The van der Waals surface area contributed by atoms with Crippen molar-refractivity contribution in [1.82, 2.24) is 5.43 Å². The lowest BCUT2D eigenvalue weighted by Gasteiger charge is -2.20. The first kappa shape index (κ1) is 11.0. The van der Waals surface area contributed by atoms with Crippen LogP contribution in [0.3, 0.4) is 0 Å². The van der Waals surface area contributed by atoms with E-state index in [-0.39, 0.29) is 0 Å². The van der Waals surface area contributed by atoms with Gasteiger partial charge < -0.3 is 4.74 Å². The predicted molar refractivity (Wildman–Crippen MR) is 54.2 cm³/mol. The van der Waals surface area contributed by atoms with E-state index in [1.165, 1.54) is 12.8 Å². The van der Waals surface area contributed by atoms with Gasteiger partial charge in [-0.2, -0.15) is 0 Å². The Morgan fingerprint density at radius 3 is 2.77 bits per heavy atom. The highest BCUT2D eigenvalue weighted by atomic mass is 16.5. The number of rotatable bonds is 5. The molecule has 78 valence electrons. The fourth-order valence-corrected chi connectivity index (χ4v) is 1.95. The lowest BCUT2D eigenvalue weighted by Crippen LogP contribution is -2.38. The Hall–Kier alpha value is -0.120. The van der Waals surface area contributed by atoms with Gasteiger partial charge in [-0.05, 0) is 31.6 Å². The SMILES string of the molecule is CC(C)CC(CC1CCCO1)NN. The molecule has 0 radical (unpaired) electrons. The minimum absolute atomic E-state index is 0.420. The second-order valence-corrected chi connectivity index (χ2v) is 4.36. The maximum Gasteiger partial charge on any atom is 0.0591 e. The molecule has 1 saturated heterocycles. The summed E-state index contributed by atoms with van der Waals surface area (Å²) < 4.78 is 5.57. The largest absolute Gasteiger partial charge is 0.378 e. The van der Waals surface area contributed by atoms with Gasteiger partial charge in [0.25, 0.3) is 0 Å². The van der Waals surface area contributed by atoms with E-state index >= 15 is 0 Å². The standard InChI is InChI=1S/C10H22N2O/c1-8(2)6-9(12-11)7-10-4-3-5-13-10/h8-10,12H,3-7,11H2,1-2H3. The van der Waals surface area contributed by atoms with Crippen LogP contribution >= 0.6 is 0 Å². The fraction of sp³-hybridized carbons (Fsp3) is 1.00. The first-order chi connectivity index (χ1) is 6.22. The van der Waals surface area contributed by atoms with Crippen LogP contribution in [0.15, 0.2) is 0 Å². The maximum atomic E-state index is 5.57. The Bertz CT molecular complexity index is 133. The van der Waals surface area contributed by atoms with Gasteiger partial charge in [-0.15, -0.1) is 0 Å². The van der Waals surface area contributed by atoms with E-state index < -0.39 is 0 Å². The van der Waals surface area contributed by atoms with Crippen LogP contribution in [0.25, 0.3) is 0 Å². The molecule has 0 saturated carbocycles. The van der Waals surface area contributed by atoms with E-state index in [9.17, 15) is 0 Å². The quantitative estimate of drug-likeness (QED) is 0.504. The summed E-state index contributed by atoms with van der Waals surface area (Å²) in [4.78, 5) is 0.